The van der Waals surface area contributed by atoms with Crippen LogP contribution in [0.1, 0.15) is 49.9 Å². The molecule has 5 aromatic carbocycles. The molecule has 0 saturated heterocycles. The molecule has 0 saturated carbocycles. The number of thiazole rings is 1. The van der Waals surface area contributed by atoms with Crippen LogP contribution in [0.3, 0.4) is 0 Å². The molecule has 0 N–H and O–H groups in total. The highest BCUT2D eigenvalue weighted by Gasteiger charge is 2.36. The van der Waals surface area contributed by atoms with Crippen LogP contribution >= 0.6 is 11.3 Å². The van der Waals surface area contributed by atoms with Gasteiger partial charge in [0.05, 0.1) is 11.4 Å². The summed E-state index contributed by atoms with van der Waals surface area (Å²) in [6.45, 7) is 9.30. The lowest BCUT2D eigenvalue weighted by Gasteiger charge is -2.22. The molecule has 0 aliphatic heterocycles. The monoisotopic (exact) mass is 674 g/mol. The second-order valence-corrected chi connectivity index (χ2v) is 15.7. The first-order valence-electron chi connectivity index (χ1n) is 17.5. The van der Waals surface area contributed by atoms with Gasteiger partial charge in [-0.05, 0) is 80.9 Å². The average molecular weight is 675 g/mol. The van der Waals surface area contributed by atoms with E-state index in [0.717, 1.165) is 49.0 Å². The number of fused-ring (bicyclic) bond motifs is 7. The fraction of sp³-hybridized carbons (Fsp3) is 0.130. The van der Waals surface area contributed by atoms with Crippen molar-refractivity contribution in [2.24, 2.45) is 0 Å². The van der Waals surface area contributed by atoms with E-state index in [2.05, 4.69) is 148 Å². The van der Waals surface area contributed by atoms with E-state index in [1.165, 1.54) is 44.5 Å². The van der Waals surface area contributed by atoms with Crippen LogP contribution in [0.5, 0.6) is 0 Å². The number of hydrogen-bond acceptors (Lipinski definition) is 5. The lowest BCUT2D eigenvalue weighted by Crippen LogP contribution is -2.15. The lowest BCUT2D eigenvalue weighted by atomic mass is 9.81. The SMILES string of the molecule is CC1(C)c2ccccc2-c2ccc(-c3cc(-c4ccc5c(c4)C(C)(C)c4ccccc4-5)nc(-c4cccc(-c5nc6cccnc6s5)c4)n3)cc21. The maximum atomic E-state index is 5.29. The second-order valence-electron chi connectivity index (χ2n) is 14.8. The number of pyridine rings is 1. The predicted molar refractivity (Wildman–Crippen MR) is 210 cm³/mol. The normalized spacial score (nSPS) is 14.6. The Bertz CT molecular complexity index is 2560. The molecule has 0 unspecified atom stereocenters. The fourth-order valence-corrected chi connectivity index (χ4v) is 9.19. The van der Waals surface area contributed by atoms with Crippen molar-refractivity contribution in [1.82, 2.24) is 19.9 Å². The number of rotatable bonds is 4. The zero-order valence-corrected chi connectivity index (χ0v) is 29.7. The largest absolute Gasteiger partial charge is 0.244 e. The minimum absolute atomic E-state index is 0.109. The standard InChI is InChI=1S/C46H34N4S/c1-45(2)35-15-7-5-13-31(35)33-20-18-27(24-37(33)45)40-26-41(28-19-21-34-32-14-6-8-16-36(32)46(3,4)38(34)25-28)49-42(48-40)29-11-9-12-30(23-29)43-50-39-17-10-22-47-44(39)51-43/h5-26H,1-4H3. The lowest BCUT2D eigenvalue weighted by molar-refractivity contribution is 0.660. The van der Waals surface area contributed by atoms with Gasteiger partial charge in [-0.25, -0.2) is 19.9 Å². The first-order chi connectivity index (χ1) is 24.8. The molecule has 2 aliphatic carbocycles. The summed E-state index contributed by atoms with van der Waals surface area (Å²) in [4.78, 5) is 20.9. The van der Waals surface area contributed by atoms with Crippen molar-refractivity contribution in [3.8, 4) is 66.7 Å². The van der Waals surface area contributed by atoms with Crippen molar-refractivity contribution in [3.63, 3.8) is 0 Å². The molecule has 0 fully saturated rings. The number of nitrogens with zero attached hydrogens (tertiary/aromatic N) is 4. The molecule has 10 rings (SSSR count). The van der Waals surface area contributed by atoms with Crippen LogP contribution in [0, 0.1) is 0 Å². The molecule has 51 heavy (non-hydrogen) atoms. The average Bonchev–Trinajstić information content (AvgIpc) is 3.78. The predicted octanol–water partition coefficient (Wildman–Crippen LogP) is 11.8. The molecule has 0 spiro atoms. The van der Waals surface area contributed by atoms with Crippen LogP contribution in [-0.2, 0) is 10.8 Å². The van der Waals surface area contributed by atoms with E-state index in [9.17, 15) is 0 Å². The molecule has 2 aliphatic rings. The summed E-state index contributed by atoms with van der Waals surface area (Å²) in [6, 6.07) is 45.8. The van der Waals surface area contributed by atoms with Gasteiger partial charge in [-0.3, -0.25) is 0 Å². The third kappa shape index (κ3) is 4.58. The first kappa shape index (κ1) is 30.1. The summed E-state index contributed by atoms with van der Waals surface area (Å²) in [7, 11) is 0. The van der Waals surface area contributed by atoms with E-state index in [1.54, 1.807) is 11.3 Å². The maximum absolute atomic E-state index is 5.29. The third-order valence-corrected chi connectivity index (χ3v) is 12.0. The Kier molecular flexibility index (Phi) is 6.40. The third-order valence-electron chi connectivity index (χ3n) is 11.0. The molecule has 3 heterocycles. The van der Waals surface area contributed by atoms with Crippen molar-refractivity contribution in [2.45, 2.75) is 38.5 Å². The summed E-state index contributed by atoms with van der Waals surface area (Å²) < 4.78 is 0. The molecule has 0 radical (unpaired) electrons. The van der Waals surface area contributed by atoms with Crippen LogP contribution in [0.2, 0.25) is 0 Å². The molecule has 5 heteroatoms. The van der Waals surface area contributed by atoms with Gasteiger partial charge in [0.15, 0.2) is 5.82 Å². The molecule has 0 atom stereocenters. The molecule has 4 nitrogen and oxygen atoms in total. The summed E-state index contributed by atoms with van der Waals surface area (Å²) in [5.74, 6) is 0.690. The summed E-state index contributed by atoms with van der Waals surface area (Å²) in [5, 5.41) is 0.933. The molecular formula is C46H34N4S. The van der Waals surface area contributed by atoms with Gasteiger partial charge in [-0.2, -0.15) is 0 Å². The zero-order chi connectivity index (χ0) is 34.5. The van der Waals surface area contributed by atoms with Gasteiger partial charge in [0.2, 0.25) is 0 Å². The maximum Gasteiger partial charge on any atom is 0.160 e. The molecule has 3 aromatic heterocycles. The van der Waals surface area contributed by atoms with Gasteiger partial charge in [0.1, 0.15) is 15.4 Å². The highest BCUT2D eigenvalue weighted by Crippen LogP contribution is 2.51. The molecule has 0 bridgehead atoms. The Balaban J connectivity index is 1.14. The summed E-state index contributed by atoms with van der Waals surface area (Å²) in [5.41, 5.74) is 17.3. The van der Waals surface area contributed by atoms with Crippen molar-refractivity contribution in [3.05, 3.63) is 156 Å². The minimum atomic E-state index is -0.109. The fourth-order valence-electron chi connectivity index (χ4n) is 8.28. The smallest absolute Gasteiger partial charge is 0.160 e. The van der Waals surface area contributed by atoms with Crippen LogP contribution in [0.15, 0.2) is 134 Å². The second kappa shape index (κ2) is 10.9. The van der Waals surface area contributed by atoms with E-state index in [1.807, 2.05) is 18.3 Å². The van der Waals surface area contributed by atoms with Crippen LogP contribution in [0.25, 0.3) is 77.1 Å². The Morgan fingerprint density at radius 3 is 1.63 bits per heavy atom. The van der Waals surface area contributed by atoms with E-state index in [-0.39, 0.29) is 10.8 Å². The number of aromatic nitrogens is 4. The van der Waals surface area contributed by atoms with Gasteiger partial charge in [0.25, 0.3) is 0 Å². The van der Waals surface area contributed by atoms with Crippen molar-refractivity contribution in [2.75, 3.05) is 0 Å². The summed E-state index contributed by atoms with van der Waals surface area (Å²) >= 11 is 1.60. The Morgan fingerprint density at radius 2 is 1.02 bits per heavy atom. The number of benzene rings is 5. The Hall–Kier alpha value is -5.78. The number of hydrogen-bond donors (Lipinski definition) is 0. The molecule has 244 valence electrons. The van der Waals surface area contributed by atoms with Gasteiger partial charge in [-0.1, -0.05) is 130 Å². The van der Waals surface area contributed by atoms with E-state index < -0.39 is 0 Å². The van der Waals surface area contributed by atoms with Crippen molar-refractivity contribution in [1.29, 1.82) is 0 Å². The quantitative estimate of drug-likeness (QED) is 0.186. The van der Waals surface area contributed by atoms with E-state index in [4.69, 9.17) is 15.0 Å². The van der Waals surface area contributed by atoms with E-state index >= 15 is 0 Å². The van der Waals surface area contributed by atoms with Crippen molar-refractivity contribution < 1.29 is 0 Å². The van der Waals surface area contributed by atoms with E-state index in [0.29, 0.717) is 5.82 Å². The first-order valence-corrected chi connectivity index (χ1v) is 18.3. The Labute approximate surface area is 301 Å². The van der Waals surface area contributed by atoms with Gasteiger partial charge in [0, 0.05) is 39.3 Å². The van der Waals surface area contributed by atoms with Crippen LogP contribution in [-0.4, -0.2) is 19.9 Å². The zero-order valence-electron chi connectivity index (χ0n) is 28.9. The summed E-state index contributed by atoms with van der Waals surface area (Å²) in [6.07, 6.45) is 1.82. The van der Waals surface area contributed by atoms with Crippen LogP contribution < -0.4 is 0 Å². The van der Waals surface area contributed by atoms with Crippen LogP contribution in [0.4, 0.5) is 0 Å². The highest BCUT2D eigenvalue weighted by molar-refractivity contribution is 7.21. The topological polar surface area (TPSA) is 51.6 Å². The van der Waals surface area contributed by atoms with Gasteiger partial charge < -0.3 is 0 Å². The Morgan fingerprint density at radius 1 is 0.451 bits per heavy atom. The molecule has 0 amide bonds. The van der Waals surface area contributed by atoms with Gasteiger partial charge >= 0.3 is 0 Å². The molecule has 8 aromatic rings. The minimum Gasteiger partial charge on any atom is -0.244 e. The van der Waals surface area contributed by atoms with Gasteiger partial charge in [-0.15, -0.1) is 0 Å². The van der Waals surface area contributed by atoms with Crippen molar-refractivity contribution >= 4 is 21.7 Å². The molecular weight excluding hydrogens is 641 g/mol. The highest BCUT2D eigenvalue weighted by atomic mass is 32.1.